The molecular weight excluding hydrogens is 318 g/mol. The summed E-state index contributed by atoms with van der Waals surface area (Å²) >= 11 is 1.79. The number of aryl methyl sites for hydroxylation is 1. The first-order valence-corrected chi connectivity index (χ1v) is 9.47. The van der Waals surface area contributed by atoms with Gasteiger partial charge in [0.15, 0.2) is 0 Å². The van der Waals surface area contributed by atoms with Crippen molar-refractivity contribution in [1.82, 2.24) is 24.2 Å². The molecule has 0 aliphatic carbocycles. The van der Waals surface area contributed by atoms with Gasteiger partial charge in [-0.2, -0.15) is 16.4 Å². The quantitative estimate of drug-likeness (QED) is 0.736. The molecule has 1 saturated heterocycles. The molecule has 0 radical (unpaired) electrons. The number of thiophene rings is 1. The summed E-state index contributed by atoms with van der Waals surface area (Å²) in [6, 6.07) is 2.25. The highest BCUT2D eigenvalue weighted by Gasteiger charge is 2.37. The van der Waals surface area contributed by atoms with Gasteiger partial charge < -0.3 is 4.57 Å². The largest absolute Gasteiger partial charge is 0.328 e. The first kappa shape index (κ1) is 14.4. The summed E-state index contributed by atoms with van der Waals surface area (Å²) < 4.78 is 4.28. The molecule has 0 saturated carbocycles. The molecule has 5 heterocycles. The Morgan fingerprint density at radius 1 is 1.21 bits per heavy atom. The fraction of sp³-hybridized carbons (Fsp3) is 0.444. The van der Waals surface area contributed by atoms with Crippen LogP contribution in [0, 0.1) is 11.8 Å². The average Bonchev–Trinajstić information content (AvgIpc) is 3.31. The van der Waals surface area contributed by atoms with Crippen molar-refractivity contribution in [3.63, 3.8) is 0 Å². The van der Waals surface area contributed by atoms with Crippen molar-refractivity contribution in [1.29, 1.82) is 0 Å². The van der Waals surface area contributed by atoms with Gasteiger partial charge >= 0.3 is 0 Å². The number of rotatable bonds is 3. The Hall–Kier alpha value is -1.92. The third-order valence-corrected chi connectivity index (χ3v) is 6.17. The SMILES string of the molecule is Cn1cc(-c2cnc3n2C[C@@H]2CN(Cc4ccsc4)C[C@H]2C3)cn1. The molecule has 3 aromatic rings. The fourth-order valence-electron chi connectivity index (χ4n) is 4.28. The minimum Gasteiger partial charge on any atom is -0.328 e. The van der Waals surface area contributed by atoms with Gasteiger partial charge in [-0.25, -0.2) is 4.98 Å². The van der Waals surface area contributed by atoms with Crippen LogP contribution in [0.2, 0.25) is 0 Å². The molecule has 2 aliphatic rings. The molecule has 5 nitrogen and oxygen atoms in total. The molecule has 0 bridgehead atoms. The van der Waals surface area contributed by atoms with Crippen molar-refractivity contribution < 1.29 is 0 Å². The van der Waals surface area contributed by atoms with E-state index in [1.165, 1.54) is 35.7 Å². The van der Waals surface area contributed by atoms with Gasteiger partial charge in [0.25, 0.3) is 0 Å². The van der Waals surface area contributed by atoms with E-state index in [9.17, 15) is 0 Å². The Balaban J connectivity index is 1.36. The van der Waals surface area contributed by atoms with E-state index in [0.29, 0.717) is 0 Å². The molecular formula is C18H21N5S. The lowest BCUT2D eigenvalue weighted by molar-refractivity contribution is 0.307. The predicted molar refractivity (Wildman–Crippen MR) is 94.7 cm³/mol. The summed E-state index contributed by atoms with van der Waals surface area (Å²) in [4.78, 5) is 7.33. The summed E-state index contributed by atoms with van der Waals surface area (Å²) in [5.74, 6) is 2.73. The van der Waals surface area contributed by atoms with Crippen LogP contribution in [-0.4, -0.2) is 37.3 Å². The zero-order valence-corrected chi connectivity index (χ0v) is 14.6. The molecule has 0 aromatic carbocycles. The summed E-state index contributed by atoms with van der Waals surface area (Å²) in [5, 5.41) is 8.76. The van der Waals surface area contributed by atoms with Crippen molar-refractivity contribution >= 4 is 11.3 Å². The molecule has 124 valence electrons. The number of hydrogen-bond acceptors (Lipinski definition) is 4. The Labute approximate surface area is 145 Å². The van der Waals surface area contributed by atoms with Crippen molar-refractivity contribution in [2.75, 3.05) is 13.1 Å². The minimum absolute atomic E-state index is 0.737. The van der Waals surface area contributed by atoms with Crippen molar-refractivity contribution in [2.45, 2.75) is 19.5 Å². The van der Waals surface area contributed by atoms with Crippen molar-refractivity contribution in [2.24, 2.45) is 18.9 Å². The second-order valence-corrected chi connectivity index (χ2v) is 7.90. The fourth-order valence-corrected chi connectivity index (χ4v) is 4.94. The zero-order valence-electron chi connectivity index (χ0n) is 13.8. The monoisotopic (exact) mass is 339 g/mol. The highest BCUT2D eigenvalue weighted by molar-refractivity contribution is 7.07. The van der Waals surface area contributed by atoms with Crippen LogP contribution in [0.15, 0.2) is 35.4 Å². The normalized spacial score (nSPS) is 23.4. The molecule has 6 heteroatoms. The number of likely N-dealkylation sites (tertiary alicyclic amines) is 1. The first-order valence-electron chi connectivity index (χ1n) is 8.53. The second-order valence-electron chi connectivity index (χ2n) is 7.12. The lowest BCUT2D eigenvalue weighted by atomic mass is 9.89. The maximum Gasteiger partial charge on any atom is 0.109 e. The van der Waals surface area contributed by atoms with Crippen LogP contribution in [0.25, 0.3) is 11.3 Å². The number of nitrogens with zero attached hydrogens (tertiary/aromatic N) is 5. The maximum atomic E-state index is 4.71. The summed E-state index contributed by atoms with van der Waals surface area (Å²) in [6.07, 6.45) is 7.14. The smallest absolute Gasteiger partial charge is 0.109 e. The number of fused-ring (bicyclic) bond motifs is 2. The highest BCUT2D eigenvalue weighted by Crippen LogP contribution is 2.35. The summed E-state index contributed by atoms with van der Waals surface area (Å²) in [7, 11) is 1.96. The topological polar surface area (TPSA) is 38.9 Å². The average molecular weight is 339 g/mol. The molecule has 1 fully saturated rings. The van der Waals surface area contributed by atoms with E-state index in [1.807, 2.05) is 24.1 Å². The number of hydrogen-bond donors (Lipinski definition) is 0. The van der Waals surface area contributed by atoms with Crippen LogP contribution < -0.4 is 0 Å². The zero-order chi connectivity index (χ0) is 16.1. The van der Waals surface area contributed by atoms with Gasteiger partial charge in [0.2, 0.25) is 0 Å². The molecule has 2 atom stereocenters. The van der Waals surface area contributed by atoms with Crippen LogP contribution in [0.4, 0.5) is 0 Å². The Bertz CT molecular complexity index is 847. The lowest BCUT2D eigenvalue weighted by Gasteiger charge is -2.26. The van der Waals surface area contributed by atoms with Gasteiger partial charge in [-0.1, -0.05) is 0 Å². The number of imidazole rings is 1. The van der Waals surface area contributed by atoms with Gasteiger partial charge in [-0.3, -0.25) is 9.58 Å². The molecule has 0 spiro atoms. The van der Waals surface area contributed by atoms with Crippen LogP contribution in [0.1, 0.15) is 11.4 Å². The van der Waals surface area contributed by atoms with Crippen LogP contribution in [0.5, 0.6) is 0 Å². The van der Waals surface area contributed by atoms with Gasteiger partial charge in [-0.05, 0) is 34.2 Å². The van der Waals surface area contributed by atoms with Crippen LogP contribution in [0.3, 0.4) is 0 Å². The van der Waals surface area contributed by atoms with Gasteiger partial charge in [0, 0.05) is 51.4 Å². The van der Waals surface area contributed by atoms with Crippen LogP contribution in [-0.2, 0) is 26.6 Å². The third-order valence-electron chi connectivity index (χ3n) is 5.44. The highest BCUT2D eigenvalue weighted by atomic mass is 32.1. The van der Waals surface area contributed by atoms with E-state index in [2.05, 4.69) is 37.6 Å². The molecule has 3 aromatic heterocycles. The van der Waals surface area contributed by atoms with E-state index in [0.717, 1.165) is 31.3 Å². The van der Waals surface area contributed by atoms with E-state index in [1.54, 1.807) is 11.3 Å². The standard InChI is InChI=1S/C18H21N5S/c1-21-8-15(5-20-21)17-6-19-18-4-14-9-22(7-13-2-3-24-12-13)10-16(14)11-23(17)18/h2-3,5-6,8,12,14,16H,4,7,9-11H2,1H3/t14-,16+/m1/s1. The molecule has 5 rings (SSSR count). The Kier molecular flexibility index (Phi) is 3.35. The van der Waals surface area contributed by atoms with Crippen molar-refractivity contribution in [3.8, 4) is 11.3 Å². The van der Waals surface area contributed by atoms with E-state index in [-0.39, 0.29) is 0 Å². The lowest BCUT2D eigenvalue weighted by Crippen LogP contribution is -2.28. The predicted octanol–water partition coefficient (Wildman–Crippen LogP) is 2.65. The van der Waals surface area contributed by atoms with Gasteiger partial charge in [-0.15, -0.1) is 0 Å². The van der Waals surface area contributed by atoms with Gasteiger partial charge in [0.05, 0.1) is 18.1 Å². The Morgan fingerprint density at radius 2 is 2.12 bits per heavy atom. The van der Waals surface area contributed by atoms with E-state index in [4.69, 9.17) is 4.98 Å². The van der Waals surface area contributed by atoms with E-state index < -0.39 is 0 Å². The third kappa shape index (κ3) is 2.41. The molecule has 2 aliphatic heterocycles. The second kappa shape index (κ2) is 5.57. The molecule has 0 N–H and O–H groups in total. The number of aromatic nitrogens is 4. The van der Waals surface area contributed by atoms with E-state index >= 15 is 0 Å². The first-order chi connectivity index (χ1) is 11.8. The molecule has 24 heavy (non-hydrogen) atoms. The maximum absolute atomic E-state index is 4.71. The minimum atomic E-state index is 0.737. The van der Waals surface area contributed by atoms with Gasteiger partial charge in [0.1, 0.15) is 5.82 Å². The molecule has 0 unspecified atom stereocenters. The molecule has 0 amide bonds. The summed E-state index contributed by atoms with van der Waals surface area (Å²) in [6.45, 7) is 4.58. The Morgan fingerprint density at radius 3 is 2.92 bits per heavy atom. The van der Waals surface area contributed by atoms with Crippen molar-refractivity contribution in [3.05, 3.63) is 46.8 Å². The van der Waals surface area contributed by atoms with Crippen LogP contribution >= 0.6 is 11.3 Å². The summed E-state index contributed by atoms with van der Waals surface area (Å²) in [5.41, 5.74) is 3.84.